The van der Waals surface area contributed by atoms with Crippen molar-refractivity contribution < 1.29 is 0 Å². The van der Waals surface area contributed by atoms with Gasteiger partial charge in [-0.2, -0.15) is 5.10 Å². The van der Waals surface area contributed by atoms with E-state index in [2.05, 4.69) is 21.6 Å². The highest BCUT2D eigenvalue weighted by molar-refractivity contribution is 7.09. The van der Waals surface area contributed by atoms with Crippen LogP contribution in [-0.4, -0.2) is 10.2 Å². The van der Waals surface area contributed by atoms with Gasteiger partial charge < -0.3 is 0 Å². The van der Waals surface area contributed by atoms with Crippen molar-refractivity contribution in [2.45, 2.75) is 6.42 Å². The van der Waals surface area contributed by atoms with E-state index in [0.717, 1.165) is 12.1 Å². The van der Waals surface area contributed by atoms with E-state index >= 15 is 0 Å². The van der Waals surface area contributed by atoms with E-state index in [0.29, 0.717) is 5.15 Å². The van der Waals surface area contributed by atoms with E-state index < -0.39 is 0 Å². The smallest absolute Gasteiger partial charge is 0.151 e. The van der Waals surface area contributed by atoms with Gasteiger partial charge >= 0.3 is 0 Å². The van der Waals surface area contributed by atoms with Crippen molar-refractivity contribution in [1.29, 1.82) is 0 Å². The average molecular weight is 211 g/mol. The minimum Gasteiger partial charge on any atom is -0.154 e. The van der Waals surface area contributed by atoms with Crippen molar-refractivity contribution in [2.24, 2.45) is 0 Å². The maximum absolute atomic E-state index is 5.62. The van der Waals surface area contributed by atoms with E-state index in [1.807, 2.05) is 12.1 Å². The molecule has 0 aliphatic carbocycles. The second-order valence-corrected chi connectivity index (χ2v) is 4.02. The summed E-state index contributed by atoms with van der Waals surface area (Å²) in [5, 5.41) is 10.3. The lowest BCUT2D eigenvalue weighted by Crippen LogP contribution is -1.91. The third-order valence-electron chi connectivity index (χ3n) is 1.62. The van der Waals surface area contributed by atoms with Crippen LogP contribution in [0.2, 0.25) is 5.15 Å². The predicted octanol–water partition coefficient (Wildman–Crippen LogP) is 2.78. The lowest BCUT2D eigenvalue weighted by Gasteiger charge is -1.95. The molecule has 0 N–H and O–H groups in total. The molecular weight excluding hydrogens is 204 g/mol. The zero-order valence-corrected chi connectivity index (χ0v) is 8.35. The Hall–Kier alpha value is -0.930. The molecule has 13 heavy (non-hydrogen) atoms. The number of thiophene rings is 1. The molecule has 4 heteroatoms. The van der Waals surface area contributed by atoms with Crippen molar-refractivity contribution in [1.82, 2.24) is 10.2 Å². The number of halogens is 1. The van der Waals surface area contributed by atoms with Crippen LogP contribution in [0.5, 0.6) is 0 Å². The number of nitrogens with zero attached hydrogens (tertiary/aromatic N) is 2. The van der Waals surface area contributed by atoms with Gasteiger partial charge in [0.05, 0.1) is 5.69 Å². The Bertz CT molecular complexity index is 369. The largest absolute Gasteiger partial charge is 0.154 e. The van der Waals surface area contributed by atoms with Crippen LogP contribution in [0.25, 0.3) is 0 Å². The summed E-state index contributed by atoms with van der Waals surface area (Å²) in [6.45, 7) is 0. The van der Waals surface area contributed by atoms with Gasteiger partial charge in [-0.1, -0.05) is 17.7 Å². The van der Waals surface area contributed by atoms with E-state index in [9.17, 15) is 0 Å². The summed E-state index contributed by atoms with van der Waals surface area (Å²) in [5.41, 5.74) is 0.951. The van der Waals surface area contributed by atoms with Gasteiger partial charge in [0.2, 0.25) is 0 Å². The van der Waals surface area contributed by atoms with E-state index in [1.165, 1.54) is 4.88 Å². The Kier molecular flexibility index (Phi) is 2.57. The predicted molar refractivity (Wildman–Crippen MR) is 54.2 cm³/mol. The molecule has 0 saturated carbocycles. The first-order chi connectivity index (χ1) is 6.34. The van der Waals surface area contributed by atoms with Crippen LogP contribution in [0.15, 0.2) is 29.6 Å². The zero-order chi connectivity index (χ0) is 9.10. The summed E-state index contributed by atoms with van der Waals surface area (Å²) >= 11 is 7.34. The van der Waals surface area contributed by atoms with Gasteiger partial charge in [-0.25, -0.2) is 0 Å². The molecule has 0 radical (unpaired) electrons. The van der Waals surface area contributed by atoms with E-state index in [4.69, 9.17) is 11.6 Å². The maximum Gasteiger partial charge on any atom is 0.151 e. The molecule has 0 bridgehead atoms. The van der Waals surface area contributed by atoms with Gasteiger partial charge in [-0.05, 0) is 23.6 Å². The third-order valence-corrected chi connectivity index (χ3v) is 2.70. The third kappa shape index (κ3) is 2.26. The monoisotopic (exact) mass is 210 g/mol. The van der Waals surface area contributed by atoms with Crippen LogP contribution < -0.4 is 0 Å². The molecule has 0 fully saturated rings. The van der Waals surface area contributed by atoms with Gasteiger partial charge in [0.15, 0.2) is 5.15 Å². The number of aromatic nitrogens is 2. The second kappa shape index (κ2) is 3.85. The molecule has 66 valence electrons. The van der Waals surface area contributed by atoms with Gasteiger partial charge in [0, 0.05) is 11.3 Å². The van der Waals surface area contributed by atoms with Crippen LogP contribution in [0.4, 0.5) is 0 Å². The highest BCUT2D eigenvalue weighted by Gasteiger charge is 1.98. The molecule has 2 nitrogen and oxygen atoms in total. The molecular formula is C9H7ClN2S. The number of hydrogen-bond acceptors (Lipinski definition) is 3. The molecule has 0 aliphatic rings. The number of hydrogen-bond donors (Lipinski definition) is 0. The first-order valence-electron chi connectivity index (χ1n) is 3.85. The lowest BCUT2D eigenvalue weighted by molar-refractivity contribution is 0.944. The van der Waals surface area contributed by atoms with E-state index in [1.54, 1.807) is 17.4 Å². The molecule has 2 heterocycles. The Morgan fingerprint density at radius 1 is 1.23 bits per heavy atom. The summed E-state index contributed by atoms with van der Waals surface area (Å²) in [7, 11) is 0. The SMILES string of the molecule is Clc1ccc(Cc2cccs2)nn1. The molecule has 0 atom stereocenters. The summed E-state index contributed by atoms with van der Waals surface area (Å²) in [5.74, 6) is 0. The molecule has 2 aromatic heterocycles. The molecule has 0 aromatic carbocycles. The second-order valence-electron chi connectivity index (χ2n) is 2.60. The van der Waals surface area contributed by atoms with Gasteiger partial charge in [-0.3, -0.25) is 0 Å². The molecule has 0 aliphatic heterocycles. The lowest BCUT2D eigenvalue weighted by atomic mass is 10.2. The van der Waals surface area contributed by atoms with Crippen LogP contribution in [0.3, 0.4) is 0 Å². The van der Waals surface area contributed by atoms with Crippen molar-refractivity contribution in [3.05, 3.63) is 45.4 Å². The Labute approximate surface area is 85.2 Å². The zero-order valence-electron chi connectivity index (χ0n) is 6.77. The molecule has 0 unspecified atom stereocenters. The fourth-order valence-corrected chi connectivity index (χ4v) is 1.85. The standard InChI is InChI=1S/C9H7ClN2S/c10-9-4-3-7(11-12-9)6-8-2-1-5-13-8/h1-5H,6H2. The highest BCUT2D eigenvalue weighted by atomic mass is 35.5. The van der Waals surface area contributed by atoms with Crippen molar-refractivity contribution in [3.8, 4) is 0 Å². The van der Waals surface area contributed by atoms with Crippen LogP contribution in [0, 0.1) is 0 Å². The molecule has 2 aromatic rings. The summed E-state index contributed by atoms with van der Waals surface area (Å²) in [6.07, 6.45) is 0.835. The summed E-state index contributed by atoms with van der Waals surface area (Å²) in [6, 6.07) is 7.77. The molecule has 0 spiro atoms. The van der Waals surface area contributed by atoms with Gasteiger partial charge in [0.1, 0.15) is 0 Å². The van der Waals surface area contributed by atoms with Crippen LogP contribution >= 0.6 is 22.9 Å². The first kappa shape index (κ1) is 8.66. The fourth-order valence-electron chi connectivity index (χ4n) is 1.03. The number of rotatable bonds is 2. The summed E-state index contributed by atoms with van der Waals surface area (Å²) < 4.78 is 0. The van der Waals surface area contributed by atoms with Crippen LogP contribution in [0.1, 0.15) is 10.6 Å². The van der Waals surface area contributed by atoms with Crippen molar-refractivity contribution >= 4 is 22.9 Å². The van der Waals surface area contributed by atoms with Crippen molar-refractivity contribution in [2.75, 3.05) is 0 Å². The average Bonchev–Trinajstić information content (AvgIpc) is 2.62. The maximum atomic E-state index is 5.62. The topological polar surface area (TPSA) is 25.8 Å². The van der Waals surface area contributed by atoms with E-state index in [-0.39, 0.29) is 0 Å². The van der Waals surface area contributed by atoms with Gasteiger partial charge in [0.25, 0.3) is 0 Å². The van der Waals surface area contributed by atoms with Crippen LogP contribution in [-0.2, 0) is 6.42 Å². The molecule has 0 saturated heterocycles. The molecule has 2 rings (SSSR count). The minimum atomic E-state index is 0.440. The minimum absolute atomic E-state index is 0.440. The Morgan fingerprint density at radius 2 is 2.15 bits per heavy atom. The first-order valence-corrected chi connectivity index (χ1v) is 5.11. The fraction of sp³-hybridized carbons (Fsp3) is 0.111. The quantitative estimate of drug-likeness (QED) is 0.762. The normalized spacial score (nSPS) is 10.2. The summed E-state index contributed by atoms with van der Waals surface area (Å²) in [4.78, 5) is 1.29. The highest BCUT2D eigenvalue weighted by Crippen LogP contribution is 2.13. The molecule has 0 amide bonds. The Balaban J connectivity index is 2.15. The van der Waals surface area contributed by atoms with Gasteiger partial charge in [-0.15, -0.1) is 16.4 Å². The Morgan fingerprint density at radius 3 is 2.77 bits per heavy atom. The van der Waals surface area contributed by atoms with Crippen molar-refractivity contribution in [3.63, 3.8) is 0 Å².